The molecule has 0 fully saturated rings. The zero-order valence-electron chi connectivity index (χ0n) is 7.54. The molecule has 1 aliphatic carbocycles. The Bertz CT molecular complexity index is 511. The van der Waals surface area contributed by atoms with Crippen LogP contribution < -0.4 is 16.3 Å². The molecule has 0 saturated carbocycles. The van der Waals surface area contributed by atoms with Gasteiger partial charge in [-0.25, -0.2) is 0 Å². The fourth-order valence-corrected chi connectivity index (χ4v) is 1.55. The van der Waals surface area contributed by atoms with Crippen LogP contribution in [-0.2, 0) is 16.0 Å². The summed E-state index contributed by atoms with van der Waals surface area (Å²) in [7, 11) is 0. The van der Waals surface area contributed by atoms with E-state index >= 15 is 0 Å². The van der Waals surface area contributed by atoms with Crippen LogP contribution in [0, 0.1) is 0 Å². The van der Waals surface area contributed by atoms with E-state index in [0.717, 1.165) is 10.8 Å². The highest BCUT2D eigenvalue weighted by molar-refractivity contribution is 6.57. The van der Waals surface area contributed by atoms with Gasteiger partial charge in [-0.05, 0) is 24.6 Å². The van der Waals surface area contributed by atoms with Gasteiger partial charge in [0.1, 0.15) is 0 Å². The largest absolute Gasteiger partial charge is 0.361 e. The Morgan fingerprint density at radius 3 is 2.64 bits per heavy atom. The van der Waals surface area contributed by atoms with Gasteiger partial charge in [0, 0.05) is 22.8 Å². The molecule has 72 valence electrons. The van der Waals surface area contributed by atoms with E-state index in [1.54, 1.807) is 6.20 Å². The van der Waals surface area contributed by atoms with Crippen LogP contribution in [0.15, 0.2) is 6.20 Å². The molecule has 0 unspecified atom stereocenters. The first-order valence-electron chi connectivity index (χ1n) is 4.40. The molecule has 0 spiro atoms. The predicted molar refractivity (Wildman–Crippen MR) is 51.7 cm³/mol. The second kappa shape index (κ2) is 3.23. The quantitative estimate of drug-likeness (QED) is 0.542. The summed E-state index contributed by atoms with van der Waals surface area (Å²) in [5.41, 5.74) is 6.41. The normalized spacial score (nSPS) is 14.6. The Kier molecular flexibility index (Phi) is 2.05. The van der Waals surface area contributed by atoms with Crippen LogP contribution >= 0.6 is 0 Å². The maximum Gasteiger partial charge on any atom is 0.227 e. The highest BCUT2D eigenvalue weighted by Crippen LogP contribution is 1.92. The van der Waals surface area contributed by atoms with Gasteiger partial charge in [-0.1, -0.05) is 0 Å². The van der Waals surface area contributed by atoms with Crippen LogP contribution in [0.4, 0.5) is 0 Å². The number of aromatic nitrogens is 1. The molecule has 0 amide bonds. The fourth-order valence-electron chi connectivity index (χ4n) is 1.55. The zero-order valence-corrected chi connectivity index (χ0v) is 7.54. The number of ketones is 2. The molecule has 3 N–H and O–H groups in total. The number of carbonyl (C=O) groups is 2. The monoisotopic (exact) mass is 190 g/mol. The lowest BCUT2D eigenvalue weighted by molar-refractivity contribution is -0.129. The van der Waals surface area contributed by atoms with Gasteiger partial charge >= 0.3 is 0 Å². The van der Waals surface area contributed by atoms with Crippen molar-refractivity contribution in [2.75, 3.05) is 6.54 Å². The van der Waals surface area contributed by atoms with Crippen molar-refractivity contribution in [2.45, 2.75) is 6.42 Å². The summed E-state index contributed by atoms with van der Waals surface area (Å²) in [5.74, 6) is -0.936. The van der Waals surface area contributed by atoms with E-state index in [1.807, 2.05) is 0 Å². The molecule has 1 aromatic rings. The van der Waals surface area contributed by atoms with Crippen LogP contribution in [-0.4, -0.2) is 23.1 Å². The maximum absolute atomic E-state index is 11.1. The summed E-state index contributed by atoms with van der Waals surface area (Å²) in [5, 5.41) is 1.51. The van der Waals surface area contributed by atoms with Crippen molar-refractivity contribution < 1.29 is 9.59 Å². The number of carbonyl (C=O) groups excluding carboxylic acids is 2. The molecule has 0 aromatic carbocycles. The molecule has 0 saturated heterocycles. The predicted octanol–water partition coefficient (Wildman–Crippen LogP) is -1.77. The number of H-pyrrole nitrogens is 1. The standard InChI is InChI=1S/C10H10N2O2/c11-2-1-6-5-12-8-4-10(14)9(13)3-7(6)8/h3-5,12H,1-2,11H2. The van der Waals surface area contributed by atoms with E-state index in [1.165, 1.54) is 12.2 Å². The average molecular weight is 190 g/mol. The van der Waals surface area contributed by atoms with Crippen molar-refractivity contribution in [1.82, 2.24) is 4.98 Å². The molecule has 0 atom stereocenters. The van der Waals surface area contributed by atoms with Crippen molar-refractivity contribution in [3.8, 4) is 0 Å². The summed E-state index contributed by atoms with van der Waals surface area (Å²) in [6.45, 7) is 0.528. The molecule has 14 heavy (non-hydrogen) atoms. The van der Waals surface area contributed by atoms with Gasteiger partial charge in [-0.15, -0.1) is 0 Å². The van der Waals surface area contributed by atoms with Crippen molar-refractivity contribution in [1.29, 1.82) is 0 Å². The van der Waals surface area contributed by atoms with Crippen LogP contribution in [0.25, 0.3) is 12.2 Å². The second-order valence-electron chi connectivity index (χ2n) is 3.20. The number of rotatable bonds is 2. The zero-order chi connectivity index (χ0) is 10.1. The summed E-state index contributed by atoms with van der Waals surface area (Å²) in [6.07, 6.45) is 5.20. The SMILES string of the molecule is NCCc1c[nH]c2c1=CC(=O)C(=O)C=2. The van der Waals surface area contributed by atoms with Gasteiger partial charge < -0.3 is 10.7 Å². The first-order chi connectivity index (χ1) is 6.72. The molecule has 4 heteroatoms. The van der Waals surface area contributed by atoms with Crippen LogP contribution in [0.5, 0.6) is 0 Å². The molecule has 1 heterocycles. The first-order valence-corrected chi connectivity index (χ1v) is 4.40. The van der Waals surface area contributed by atoms with Gasteiger partial charge in [0.05, 0.1) is 0 Å². The first kappa shape index (κ1) is 8.90. The summed E-state index contributed by atoms with van der Waals surface area (Å²) < 4.78 is 0. The number of hydrogen-bond acceptors (Lipinski definition) is 3. The molecular formula is C10H10N2O2. The lowest BCUT2D eigenvalue weighted by Crippen LogP contribution is -2.34. The third-order valence-corrected chi connectivity index (χ3v) is 2.25. The summed E-state index contributed by atoms with van der Waals surface area (Å²) in [6, 6.07) is 0. The van der Waals surface area contributed by atoms with Gasteiger partial charge in [0.2, 0.25) is 11.6 Å². The van der Waals surface area contributed by atoms with Crippen molar-refractivity contribution in [3.63, 3.8) is 0 Å². The topological polar surface area (TPSA) is 76.0 Å². The van der Waals surface area contributed by atoms with Gasteiger partial charge in [-0.2, -0.15) is 0 Å². The minimum Gasteiger partial charge on any atom is -0.361 e. The van der Waals surface area contributed by atoms with Gasteiger partial charge in [0.15, 0.2) is 0 Å². The second-order valence-corrected chi connectivity index (χ2v) is 3.20. The molecule has 0 radical (unpaired) electrons. The number of nitrogens with two attached hydrogens (primary N) is 1. The van der Waals surface area contributed by atoms with Crippen molar-refractivity contribution in [2.24, 2.45) is 5.73 Å². The highest BCUT2D eigenvalue weighted by Gasteiger charge is 2.13. The fraction of sp³-hybridized carbons (Fsp3) is 0.200. The smallest absolute Gasteiger partial charge is 0.227 e. The van der Waals surface area contributed by atoms with Gasteiger partial charge in [0.25, 0.3) is 0 Å². The van der Waals surface area contributed by atoms with E-state index in [2.05, 4.69) is 4.98 Å². The maximum atomic E-state index is 11.1. The molecule has 1 aliphatic rings. The Hall–Kier alpha value is -1.68. The van der Waals surface area contributed by atoms with Crippen LogP contribution in [0.1, 0.15) is 5.56 Å². The Morgan fingerprint density at radius 1 is 1.21 bits per heavy atom. The minimum atomic E-state index is -0.473. The lowest BCUT2D eigenvalue weighted by Gasteiger charge is -1.95. The lowest BCUT2D eigenvalue weighted by atomic mass is 10.1. The number of nitrogens with one attached hydrogen (secondary N) is 1. The molecule has 4 nitrogen and oxygen atoms in total. The van der Waals surface area contributed by atoms with E-state index in [9.17, 15) is 9.59 Å². The number of Topliss-reactive ketones (excluding diaryl/α,β-unsaturated/α-hetero) is 2. The number of fused-ring (bicyclic) bond motifs is 1. The summed E-state index contributed by atoms with van der Waals surface area (Å²) >= 11 is 0. The highest BCUT2D eigenvalue weighted by atomic mass is 16.2. The average Bonchev–Trinajstić information content (AvgIpc) is 2.51. The molecule has 2 rings (SSSR count). The minimum absolute atomic E-state index is 0.463. The molecule has 0 bridgehead atoms. The summed E-state index contributed by atoms with van der Waals surface area (Å²) in [4.78, 5) is 25.1. The van der Waals surface area contributed by atoms with E-state index in [0.29, 0.717) is 18.3 Å². The van der Waals surface area contributed by atoms with Crippen LogP contribution in [0.3, 0.4) is 0 Å². The van der Waals surface area contributed by atoms with E-state index < -0.39 is 11.6 Å². The Morgan fingerprint density at radius 2 is 1.93 bits per heavy atom. The Balaban J connectivity index is 2.65. The molecule has 0 aliphatic heterocycles. The molecular weight excluding hydrogens is 180 g/mol. The van der Waals surface area contributed by atoms with Gasteiger partial charge in [-0.3, -0.25) is 9.59 Å². The third-order valence-electron chi connectivity index (χ3n) is 2.25. The van der Waals surface area contributed by atoms with E-state index in [4.69, 9.17) is 5.73 Å². The number of hydrogen-bond donors (Lipinski definition) is 2. The van der Waals surface area contributed by atoms with E-state index in [-0.39, 0.29) is 0 Å². The molecule has 1 aromatic heterocycles. The third kappa shape index (κ3) is 1.29. The van der Waals surface area contributed by atoms with Crippen molar-refractivity contribution in [3.05, 3.63) is 22.3 Å². The Labute approximate surface area is 80.1 Å². The number of aromatic amines is 1. The van der Waals surface area contributed by atoms with Crippen LogP contribution in [0.2, 0.25) is 0 Å². The van der Waals surface area contributed by atoms with Crippen molar-refractivity contribution >= 4 is 23.7 Å².